The van der Waals surface area contributed by atoms with Crippen LogP contribution in [0.4, 0.5) is 0 Å². The molecule has 2 aromatic carbocycles. The van der Waals surface area contributed by atoms with Crippen LogP contribution in [0.1, 0.15) is 44.9 Å². The topological polar surface area (TPSA) is 57.5 Å². The molecular formula is C24H25NO4. The van der Waals surface area contributed by atoms with Crippen molar-refractivity contribution in [3.63, 3.8) is 0 Å². The number of Topliss-reactive ketones (excluding diaryl/α,β-unsaturated/α-hetero) is 1. The first-order chi connectivity index (χ1) is 14.0. The van der Waals surface area contributed by atoms with Crippen LogP contribution >= 0.6 is 0 Å². The Morgan fingerprint density at radius 1 is 1.10 bits per heavy atom. The number of nitrogens with zero attached hydrogens (tertiary/aromatic N) is 1. The Bertz CT molecular complexity index is 1060. The van der Waals surface area contributed by atoms with E-state index in [1.54, 1.807) is 12.1 Å². The number of hydrogen-bond donors (Lipinski definition) is 0. The van der Waals surface area contributed by atoms with Gasteiger partial charge in [0.2, 0.25) is 5.78 Å². The van der Waals surface area contributed by atoms with Gasteiger partial charge in [-0.25, -0.2) is 4.79 Å². The Labute approximate surface area is 170 Å². The third-order valence-electron chi connectivity index (χ3n) is 5.60. The molecule has 0 amide bonds. The molecule has 1 atom stereocenters. The fraction of sp³-hybridized carbons (Fsp3) is 0.333. The van der Waals surface area contributed by atoms with Gasteiger partial charge in [-0.1, -0.05) is 30.3 Å². The smallest absolute Gasteiger partial charge is 0.338 e. The van der Waals surface area contributed by atoms with E-state index < -0.39 is 5.97 Å². The molecule has 0 radical (unpaired) electrons. The number of aryl methyl sites for hydroxylation is 1. The van der Waals surface area contributed by atoms with Gasteiger partial charge in [0, 0.05) is 30.1 Å². The van der Waals surface area contributed by atoms with Crippen LogP contribution in [0, 0.1) is 13.8 Å². The van der Waals surface area contributed by atoms with Gasteiger partial charge in [-0.3, -0.25) is 4.79 Å². The molecule has 0 bridgehead atoms. The second-order valence-electron chi connectivity index (χ2n) is 7.59. The van der Waals surface area contributed by atoms with E-state index >= 15 is 0 Å². The summed E-state index contributed by atoms with van der Waals surface area (Å²) in [7, 11) is 0. The van der Waals surface area contributed by atoms with Crippen LogP contribution < -0.4 is 0 Å². The Kier molecular flexibility index (Phi) is 5.49. The Morgan fingerprint density at radius 2 is 1.90 bits per heavy atom. The molecule has 150 valence electrons. The predicted molar refractivity (Wildman–Crippen MR) is 111 cm³/mol. The first-order valence-electron chi connectivity index (χ1n) is 10.0. The lowest BCUT2D eigenvalue weighted by Gasteiger charge is -2.14. The lowest BCUT2D eigenvalue weighted by Crippen LogP contribution is -2.18. The lowest BCUT2D eigenvalue weighted by molar-refractivity contribution is 0.0474. The summed E-state index contributed by atoms with van der Waals surface area (Å²) in [6.07, 6.45) is 2.33. The predicted octanol–water partition coefficient (Wildman–Crippen LogP) is 4.48. The van der Waals surface area contributed by atoms with Crippen LogP contribution in [0.15, 0.2) is 48.5 Å². The molecule has 1 aliphatic heterocycles. The molecule has 5 heteroatoms. The van der Waals surface area contributed by atoms with E-state index in [0.29, 0.717) is 11.1 Å². The number of ether oxygens (including phenoxy) is 2. The number of hydrogen-bond acceptors (Lipinski definition) is 4. The highest BCUT2D eigenvalue weighted by Gasteiger charge is 2.22. The van der Waals surface area contributed by atoms with Crippen LogP contribution in [0.2, 0.25) is 0 Å². The second-order valence-corrected chi connectivity index (χ2v) is 7.59. The highest BCUT2D eigenvalue weighted by Crippen LogP contribution is 2.21. The van der Waals surface area contributed by atoms with Crippen molar-refractivity contribution >= 4 is 22.5 Å². The van der Waals surface area contributed by atoms with Crippen molar-refractivity contribution in [1.82, 2.24) is 4.57 Å². The van der Waals surface area contributed by atoms with Gasteiger partial charge >= 0.3 is 5.97 Å². The first kappa shape index (κ1) is 19.4. The van der Waals surface area contributed by atoms with Crippen molar-refractivity contribution in [2.24, 2.45) is 0 Å². The van der Waals surface area contributed by atoms with Crippen LogP contribution in [0.25, 0.3) is 10.8 Å². The number of carbonyl (C=O) groups is 2. The minimum Gasteiger partial charge on any atom is -0.454 e. The molecule has 5 nitrogen and oxygen atoms in total. The summed E-state index contributed by atoms with van der Waals surface area (Å²) in [5, 5.41) is 2.02. The Balaban J connectivity index is 1.43. The van der Waals surface area contributed by atoms with E-state index in [4.69, 9.17) is 9.47 Å². The fourth-order valence-corrected chi connectivity index (χ4v) is 3.96. The largest absolute Gasteiger partial charge is 0.454 e. The van der Waals surface area contributed by atoms with Gasteiger partial charge in [0.1, 0.15) is 0 Å². The molecule has 1 saturated heterocycles. The van der Waals surface area contributed by atoms with E-state index in [1.165, 1.54) is 0 Å². The van der Waals surface area contributed by atoms with Crippen molar-refractivity contribution < 1.29 is 19.1 Å². The molecule has 0 aliphatic carbocycles. The summed E-state index contributed by atoms with van der Waals surface area (Å²) >= 11 is 0. The number of esters is 1. The van der Waals surface area contributed by atoms with E-state index in [1.807, 2.05) is 50.2 Å². The maximum atomic E-state index is 12.7. The molecule has 0 N–H and O–H groups in total. The summed E-state index contributed by atoms with van der Waals surface area (Å²) in [5.74, 6) is -0.678. The molecule has 2 heterocycles. The van der Waals surface area contributed by atoms with Gasteiger partial charge in [-0.15, -0.1) is 0 Å². The second kappa shape index (κ2) is 8.21. The SMILES string of the molecule is Cc1cc(C(=O)COC(=O)c2ccc3ccccc3c2)c(C)n1CC1CCCO1. The average Bonchev–Trinajstić information content (AvgIpc) is 3.35. The van der Waals surface area contributed by atoms with Gasteiger partial charge in [0.25, 0.3) is 0 Å². The van der Waals surface area contributed by atoms with E-state index in [0.717, 1.165) is 48.2 Å². The third kappa shape index (κ3) is 4.10. The summed E-state index contributed by atoms with van der Waals surface area (Å²) in [6, 6.07) is 15.1. The van der Waals surface area contributed by atoms with Gasteiger partial charge in [-0.2, -0.15) is 0 Å². The molecule has 1 unspecified atom stereocenters. The molecule has 29 heavy (non-hydrogen) atoms. The van der Waals surface area contributed by atoms with E-state index in [2.05, 4.69) is 4.57 Å². The summed E-state index contributed by atoms with van der Waals surface area (Å²) in [5.41, 5.74) is 2.96. The third-order valence-corrected chi connectivity index (χ3v) is 5.60. The molecule has 1 fully saturated rings. The minimum absolute atomic E-state index is 0.189. The summed E-state index contributed by atoms with van der Waals surface area (Å²) < 4.78 is 13.1. The first-order valence-corrected chi connectivity index (χ1v) is 10.0. The van der Waals surface area contributed by atoms with Crippen LogP contribution in [0.3, 0.4) is 0 Å². The number of ketones is 1. The van der Waals surface area contributed by atoms with Crippen LogP contribution in [0.5, 0.6) is 0 Å². The van der Waals surface area contributed by atoms with Gasteiger partial charge < -0.3 is 14.0 Å². The standard InChI is InChI=1S/C24H25NO4/c1-16-12-22(17(2)25(16)14-21-8-5-11-28-21)23(26)15-29-24(27)20-10-9-18-6-3-4-7-19(18)13-20/h3-4,6-7,9-10,12-13,21H,5,8,11,14-15H2,1-2H3. The number of carbonyl (C=O) groups excluding carboxylic acids is 2. The molecular weight excluding hydrogens is 366 g/mol. The highest BCUT2D eigenvalue weighted by atomic mass is 16.5. The molecule has 0 spiro atoms. The van der Waals surface area contributed by atoms with Crippen molar-refractivity contribution in [3.8, 4) is 0 Å². The Hall–Kier alpha value is -2.92. The molecule has 1 aliphatic rings. The van der Waals surface area contributed by atoms with Crippen molar-refractivity contribution in [3.05, 3.63) is 71.0 Å². The molecule has 3 aromatic rings. The fourth-order valence-electron chi connectivity index (χ4n) is 3.96. The molecule has 1 aromatic heterocycles. The average molecular weight is 391 g/mol. The summed E-state index contributed by atoms with van der Waals surface area (Å²) in [4.78, 5) is 25.1. The maximum absolute atomic E-state index is 12.7. The zero-order chi connectivity index (χ0) is 20.4. The van der Waals surface area contributed by atoms with Crippen molar-refractivity contribution in [2.45, 2.75) is 39.3 Å². The normalized spacial score (nSPS) is 16.3. The van der Waals surface area contributed by atoms with Gasteiger partial charge in [-0.05, 0) is 55.7 Å². The maximum Gasteiger partial charge on any atom is 0.338 e. The van der Waals surface area contributed by atoms with Gasteiger partial charge in [0.15, 0.2) is 6.61 Å². The number of fused-ring (bicyclic) bond motifs is 1. The van der Waals surface area contributed by atoms with E-state index in [9.17, 15) is 9.59 Å². The van der Waals surface area contributed by atoms with Crippen LogP contribution in [-0.2, 0) is 16.0 Å². The zero-order valence-electron chi connectivity index (χ0n) is 16.8. The quantitative estimate of drug-likeness (QED) is 0.459. The molecule has 4 rings (SSSR count). The van der Waals surface area contributed by atoms with Crippen LogP contribution in [-0.4, -0.2) is 35.6 Å². The molecule has 0 saturated carbocycles. The van der Waals surface area contributed by atoms with Gasteiger partial charge in [0.05, 0.1) is 11.7 Å². The lowest BCUT2D eigenvalue weighted by atomic mass is 10.1. The zero-order valence-corrected chi connectivity index (χ0v) is 16.8. The highest BCUT2D eigenvalue weighted by molar-refractivity contribution is 6.01. The van der Waals surface area contributed by atoms with Crippen molar-refractivity contribution in [2.75, 3.05) is 13.2 Å². The summed E-state index contributed by atoms with van der Waals surface area (Å²) in [6.45, 7) is 5.21. The van der Waals surface area contributed by atoms with Crippen molar-refractivity contribution in [1.29, 1.82) is 0 Å². The van der Waals surface area contributed by atoms with E-state index in [-0.39, 0.29) is 18.5 Å². The number of rotatable bonds is 6. The minimum atomic E-state index is -0.489. The number of benzene rings is 2. The monoisotopic (exact) mass is 391 g/mol. The Morgan fingerprint density at radius 3 is 2.66 bits per heavy atom. The number of aromatic nitrogens is 1.